The van der Waals surface area contributed by atoms with E-state index in [1.807, 2.05) is 31.2 Å². The Labute approximate surface area is 198 Å². The highest BCUT2D eigenvalue weighted by molar-refractivity contribution is 7.90. The molecule has 9 heteroatoms. The van der Waals surface area contributed by atoms with Crippen LogP contribution < -0.4 is 10.5 Å². The fourth-order valence-corrected chi connectivity index (χ4v) is 4.93. The molecule has 0 saturated heterocycles. The Kier molecular flexibility index (Phi) is 6.31. The highest BCUT2D eigenvalue weighted by Gasteiger charge is 2.28. The average Bonchev–Trinajstić information content (AvgIpc) is 2.95. The molecule has 4 rings (SSSR count). The number of rotatable bonds is 4. The third kappa shape index (κ3) is 4.61. The van der Waals surface area contributed by atoms with Crippen LogP contribution in [0.4, 0.5) is 10.2 Å². The summed E-state index contributed by atoms with van der Waals surface area (Å²) in [7, 11) is -3.75. The number of hydrogen-bond donors (Lipinski definition) is 1. The number of benzene rings is 2. The van der Waals surface area contributed by atoms with Crippen molar-refractivity contribution in [2.75, 3.05) is 18.5 Å². The van der Waals surface area contributed by atoms with E-state index in [1.165, 1.54) is 6.07 Å². The zero-order valence-electron chi connectivity index (χ0n) is 19.2. The Morgan fingerprint density at radius 3 is 2.59 bits per heavy atom. The first kappa shape index (κ1) is 23.7. The van der Waals surface area contributed by atoms with Gasteiger partial charge in [0.05, 0.1) is 6.54 Å². The molecule has 1 aromatic heterocycles. The van der Waals surface area contributed by atoms with Crippen LogP contribution in [0.1, 0.15) is 35.3 Å². The molecule has 1 aliphatic rings. The largest absolute Gasteiger partial charge is 0.489 e. The minimum Gasteiger partial charge on any atom is -0.489 e. The lowest BCUT2D eigenvalue weighted by Gasteiger charge is -2.24. The van der Waals surface area contributed by atoms with Crippen molar-refractivity contribution >= 4 is 21.6 Å². The van der Waals surface area contributed by atoms with Crippen molar-refractivity contribution < 1.29 is 22.3 Å². The lowest BCUT2D eigenvalue weighted by Crippen LogP contribution is -2.36. The molecule has 1 aliphatic heterocycles. The van der Waals surface area contributed by atoms with Crippen molar-refractivity contribution in [1.82, 2.24) is 9.88 Å². The normalized spacial score (nSPS) is 15.9. The first-order valence-corrected chi connectivity index (χ1v) is 12.8. The zero-order chi connectivity index (χ0) is 24.6. The number of pyridine rings is 1. The van der Waals surface area contributed by atoms with Gasteiger partial charge in [0.1, 0.15) is 28.4 Å². The van der Waals surface area contributed by atoms with E-state index in [0.717, 1.165) is 29.0 Å². The highest BCUT2D eigenvalue weighted by Crippen LogP contribution is 2.32. The zero-order valence-corrected chi connectivity index (χ0v) is 20.0. The molecule has 2 N–H and O–H groups in total. The van der Waals surface area contributed by atoms with Gasteiger partial charge in [0.25, 0.3) is 5.91 Å². The summed E-state index contributed by atoms with van der Waals surface area (Å²) in [5.74, 6) is -0.148. The summed E-state index contributed by atoms with van der Waals surface area (Å²) < 4.78 is 44.9. The molecule has 1 amide bonds. The van der Waals surface area contributed by atoms with E-state index in [0.29, 0.717) is 18.1 Å². The number of ether oxygens (including phenoxy) is 1. The van der Waals surface area contributed by atoms with Gasteiger partial charge in [0.15, 0.2) is 9.84 Å². The molecule has 2 heterocycles. The van der Waals surface area contributed by atoms with Gasteiger partial charge in [-0.1, -0.05) is 13.0 Å². The molecule has 7 nitrogen and oxygen atoms in total. The summed E-state index contributed by atoms with van der Waals surface area (Å²) in [5, 5.41) is 0. The van der Waals surface area contributed by atoms with Crippen LogP contribution in [0.5, 0.6) is 5.75 Å². The second-order valence-corrected chi connectivity index (χ2v) is 10.4. The molecule has 0 spiro atoms. The maximum Gasteiger partial charge on any atom is 0.254 e. The number of carbonyl (C=O) groups excluding carboxylic acids is 1. The van der Waals surface area contributed by atoms with Gasteiger partial charge in [-0.3, -0.25) is 4.79 Å². The predicted octanol–water partition coefficient (Wildman–Crippen LogP) is 3.86. The molecule has 1 atom stereocenters. The fraction of sp³-hybridized carbons (Fsp3) is 0.280. The molecule has 3 aromatic rings. The van der Waals surface area contributed by atoms with Crippen LogP contribution >= 0.6 is 0 Å². The lowest BCUT2D eigenvalue weighted by molar-refractivity contribution is 0.0689. The summed E-state index contributed by atoms with van der Waals surface area (Å²) in [5.41, 5.74) is 8.51. The van der Waals surface area contributed by atoms with Crippen molar-refractivity contribution in [3.8, 4) is 16.9 Å². The van der Waals surface area contributed by atoms with E-state index in [-0.39, 0.29) is 36.1 Å². The number of anilines is 1. The highest BCUT2D eigenvalue weighted by atomic mass is 32.2. The molecule has 0 bridgehead atoms. The summed E-state index contributed by atoms with van der Waals surface area (Å²) in [4.78, 5) is 18.9. The average molecular weight is 484 g/mol. The molecule has 0 fully saturated rings. The molecule has 0 radical (unpaired) electrons. The Bertz CT molecular complexity index is 1360. The van der Waals surface area contributed by atoms with Gasteiger partial charge >= 0.3 is 0 Å². The molecule has 1 unspecified atom stereocenters. The second-order valence-electron chi connectivity index (χ2n) is 8.44. The lowest BCUT2D eigenvalue weighted by atomic mass is 10.0. The van der Waals surface area contributed by atoms with Crippen LogP contribution in [0, 0.1) is 5.82 Å². The topological polar surface area (TPSA) is 103 Å². The standard InChI is InChI=1S/C25H26FN3O4S/c1-4-19-20(7-9-22(24(19)26)34(3,31)32)25(30)29-13-15(2)33-21-8-5-16(11-18(21)14-29)17-6-10-23(27)28-12-17/h5-12,15H,4,13-14H2,1-3H3,(H2,27,28). The Morgan fingerprint density at radius 2 is 1.94 bits per heavy atom. The van der Waals surface area contributed by atoms with Crippen molar-refractivity contribution in [2.24, 2.45) is 0 Å². The van der Waals surface area contributed by atoms with E-state index in [4.69, 9.17) is 10.5 Å². The number of aromatic nitrogens is 1. The van der Waals surface area contributed by atoms with Crippen molar-refractivity contribution in [3.63, 3.8) is 0 Å². The number of sulfone groups is 1. The number of fused-ring (bicyclic) bond motifs is 1. The van der Waals surface area contributed by atoms with Gasteiger partial charge in [-0.05, 0) is 55.3 Å². The van der Waals surface area contributed by atoms with Crippen LogP contribution in [0.15, 0.2) is 53.6 Å². The molecule has 178 valence electrons. The Hall–Kier alpha value is -3.46. The summed E-state index contributed by atoms with van der Waals surface area (Å²) in [6.07, 6.45) is 2.52. The second kappa shape index (κ2) is 9.06. The molecule has 0 saturated carbocycles. The predicted molar refractivity (Wildman–Crippen MR) is 128 cm³/mol. The van der Waals surface area contributed by atoms with Crippen molar-refractivity contribution in [3.05, 3.63) is 71.2 Å². The number of carbonyl (C=O) groups is 1. The summed E-state index contributed by atoms with van der Waals surface area (Å²) in [6, 6.07) is 11.9. The maximum atomic E-state index is 15.0. The third-order valence-electron chi connectivity index (χ3n) is 5.83. The first-order valence-electron chi connectivity index (χ1n) is 10.9. The van der Waals surface area contributed by atoms with E-state index in [1.54, 1.807) is 24.1 Å². The van der Waals surface area contributed by atoms with Crippen LogP contribution in [0.3, 0.4) is 0 Å². The quantitative estimate of drug-likeness (QED) is 0.605. The number of halogens is 1. The van der Waals surface area contributed by atoms with Gasteiger partial charge < -0.3 is 15.4 Å². The van der Waals surface area contributed by atoms with E-state index >= 15 is 4.39 Å². The van der Waals surface area contributed by atoms with Gasteiger partial charge in [0.2, 0.25) is 0 Å². The monoisotopic (exact) mass is 483 g/mol. The number of amides is 1. The molecule has 2 aromatic carbocycles. The van der Waals surface area contributed by atoms with E-state index in [9.17, 15) is 13.2 Å². The van der Waals surface area contributed by atoms with Crippen LogP contribution in [0.25, 0.3) is 11.1 Å². The van der Waals surface area contributed by atoms with E-state index < -0.39 is 20.5 Å². The van der Waals surface area contributed by atoms with Crippen LogP contribution in [-0.2, 0) is 22.8 Å². The maximum absolute atomic E-state index is 15.0. The van der Waals surface area contributed by atoms with Crippen LogP contribution in [0.2, 0.25) is 0 Å². The number of nitrogen functional groups attached to an aromatic ring is 1. The SMILES string of the molecule is CCc1c(C(=O)N2Cc3cc(-c4ccc(N)nc4)ccc3OC(C)C2)ccc(S(C)(=O)=O)c1F. The Morgan fingerprint density at radius 1 is 1.21 bits per heavy atom. The minimum atomic E-state index is -3.75. The first-order chi connectivity index (χ1) is 16.1. The van der Waals surface area contributed by atoms with Gasteiger partial charge in [-0.15, -0.1) is 0 Å². The summed E-state index contributed by atoms with van der Waals surface area (Å²) >= 11 is 0. The van der Waals surface area contributed by atoms with Crippen molar-refractivity contribution in [2.45, 2.75) is 37.8 Å². The number of hydrogen-bond acceptors (Lipinski definition) is 6. The number of nitrogens with two attached hydrogens (primary N) is 1. The van der Waals surface area contributed by atoms with Crippen molar-refractivity contribution in [1.29, 1.82) is 0 Å². The van der Waals surface area contributed by atoms with Gasteiger partial charge in [0, 0.05) is 41.3 Å². The van der Waals surface area contributed by atoms with Gasteiger partial charge in [-0.2, -0.15) is 0 Å². The van der Waals surface area contributed by atoms with Crippen LogP contribution in [-0.4, -0.2) is 43.1 Å². The van der Waals surface area contributed by atoms with Gasteiger partial charge in [-0.25, -0.2) is 17.8 Å². The molecular formula is C25H26FN3O4S. The fourth-order valence-electron chi connectivity index (χ4n) is 4.17. The molecule has 34 heavy (non-hydrogen) atoms. The Balaban J connectivity index is 1.71. The molecule has 0 aliphatic carbocycles. The van der Waals surface area contributed by atoms with E-state index in [2.05, 4.69) is 4.98 Å². The number of nitrogens with zero attached hydrogens (tertiary/aromatic N) is 2. The smallest absolute Gasteiger partial charge is 0.254 e. The third-order valence-corrected chi connectivity index (χ3v) is 6.94. The molecular weight excluding hydrogens is 457 g/mol. The minimum absolute atomic E-state index is 0.0904. The summed E-state index contributed by atoms with van der Waals surface area (Å²) in [6.45, 7) is 4.11.